The molecule has 8 heteroatoms. The monoisotopic (exact) mass is 418 g/mol. The fourth-order valence-corrected chi connectivity index (χ4v) is 4.92. The highest BCUT2D eigenvalue weighted by molar-refractivity contribution is 7.92. The lowest BCUT2D eigenvalue weighted by Gasteiger charge is -2.08. The van der Waals surface area contributed by atoms with Gasteiger partial charge in [-0.15, -0.1) is 0 Å². The lowest BCUT2D eigenvalue weighted by atomic mass is 10.2. The van der Waals surface area contributed by atoms with E-state index >= 15 is 0 Å². The van der Waals surface area contributed by atoms with Crippen LogP contribution in [0.1, 0.15) is 31.1 Å². The number of aryl methyl sites for hydroxylation is 1. The van der Waals surface area contributed by atoms with E-state index < -0.39 is 21.0 Å². The number of thiazole rings is 1. The molecule has 3 rings (SSSR count). The predicted molar refractivity (Wildman–Crippen MR) is 111 cm³/mol. The molecule has 0 saturated heterocycles. The van der Waals surface area contributed by atoms with Crippen LogP contribution in [-0.4, -0.2) is 30.7 Å². The molecule has 0 atom stereocenters. The average Bonchev–Trinajstić information content (AvgIpc) is 2.98. The van der Waals surface area contributed by atoms with E-state index in [1.807, 2.05) is 36.7 Å². The third-order valence-electron chi connectivity index (χ3n) is 4.31. The molecule has 0 saturated carbocycles. The molecule has 148 valence electrons. The van der Waals surface area contributed by atoms with Crippen LogP contribution in [0.25, 0.3) is 10.2 Å². The molecule has 6 nitrogen and oxygen atoms in total. The summed E-state index contributed by atoms with van der Waals surface area (Å²) in [6.45, 7) is 5.68. The Bertz CT molecular complexity index is 1200. The summed E-state index contributed by atoms with van der Waals surface area (Å²) >= 11 is 1.38. The Labute approximate surface area is 168 Å². The fraction of sp³-hybridized carbons (Fsp3) is 0.300. The molecule has 1 aromatic heterocycles. The van der Waals surface area contributed by atoms with Crippen molar-refractivity contribution in [3.63, 3.8) is 0 Å². The van der Waals surface area contributed by atoms with Crippen LogP contribution in [0.4, 0.5) is 0 Å². The van der Waals surface area contributed by atoms with Crippen LogP contribution in [0.15, 0.2) is 52.4 Å². The second kappa shape index (κ2) is 7.89. The highest BCUT2D eigenvalue weighted by Crippen LogP contribution is 2.27. The number of hydrogen-bond acceptors (Lipinski definition) is 5. The number of carbonyl (C=O) groups excluding carboxylic acids is 1. The van der Waals surface area contributed by atoms with Gasteiger partial charge in [-0.2, -0.15) is 4.99 Å². The van der Waals surface area contributed by atoms with Gasteiger partial charge in [-0.25, -0.2) is 8.42 Å². The maximum absolute atomic E-state index is 12.7. The number of aromatic nitrogens is 1. The highest BCUT2D eigenvalue weighted by atomic mass is 32.2. The van der Waals surface area contributed by atoms with Crippen LogP contribution in [0.3, 0.4) is 0 Å². The Hall–Kier alpha value is -2.45. The number of para-hydroxylation sites is 1. The predicted octanol–water partition coefficient (Wildman–Crippen LogP) is 3.56. The lowest BCUT2D eigenvalue weighted by Crippen LogP contribution is -2.16. The number of rotatable bonds is 5. The third kappa shape index (κ3) is 3.74. The Morgan fingerprint density at radius 3 is 2.61 bits per heavy atom. The van der Waals surface area contributed by atoms with E-state index in [0.29, 0.717) is 11.4 Å². The minimum Gasteiger partial charge on any atom is -0.492 e. The van der Waals surface area contributed by atoms with Gasteiger partial charge < -0.3 is 9.30 Å². The van der Waals surface area contributed by atoms with Crippen LogP contribution < -0.4 is 9.54 Å². The van der Waals surface area contributed by atoms with Gasteiger partial charge in [-0.1, -0.05) is 23.5 Å². The number of benzene rings is 2. The van der Waals surface area contributed by atoms with Gasteiger partial charge in [-0.3, -0.25) is 4.79 Å². The number of fused-ring (bicyclic) bond motifs is 1. The number of ether oxygens (including phenoxy) is 1. The van der Waals surface area contributed by atoms with Crippen molar-refractivity contribution in [2.45, 2.75) is 30.9 Å². The number of carbonyl (C=O) groups is 1. The molecule has 0 aliphatic rings. The first-order valence-corrected chi connectivity index (χ1v) is 11.3. The normalized spacial score (nSPS) is 12.7. The van der Waals surface area contributed by atoms with Crippen LogP contribution >= 0.6 is 11.3 Å². The van der Waals surface area contributed by atoms with Gasteiger partial charge in [0.1, 0.15) is 11.3 Å². The van der Waals surface area contributed by atoms with Crippen molar-refractivity contribution in [1.29, 1.82) is 0 Å². The lowest BCUT2D eigenvalue weighted by molar-refractivity contribution is 0.0997. The Morgan fingerprint density at radius 2 is 1.93 bits per heavy atom. The zero-order valence-electron chi connectivity index (χ0n) is 16.2. The zero-order chi connectivity index (χ0) is 20.5. The van der Waals surface area contributed by atoms with Crippen LogP contribution in [0.5, 0.6) is 5.75 Å². The van der Waals surface area contributed by atoms with Crippen molar-refractivity contribution < 1.29 is 17.9 Å². The van der Waals surface area contributed by atoms with Gasteiger partial charge in [0.2, 0.25) is 0 Å². The zero-order valence-corrected chi connectivity index (χ0v) is 17.8. The van der Waals surface area contributed by atoms with Crippen LogP contribution in [0, 0.1) is 0 Å². The topological polar surface area (TPSA) is 77.7 Å². The summed E-state index contributed by atoms with van der Waals surface area (Å²) in [6.07, 6.45) is 0. The molecule has 2 aromatic carbocycles. The summed E-state index contributed by atoms with van der Waals surface area (Å²) in [5.41, 5.74) is 1.11. The SMILES string of the molecule is CCOc1cccc2sc(=NC(=O)c3cccc(S(=O)(=O)C(C)C)c3)n(C)c12. The van der Waals surface area contributed by atoms with E-state index in [-0.39, 0.29) is 10.5 Å². The number of amides is 1. The minimum atomic E-state index is -3.46. The summed E-state index contributed by atoms with van der Waals surface area (Å²) in [6, 6.07) is 11.8. The maximum Gasteiger partial charge on any atom is 0.279 e. The molecule has 0 N–H and O–H groups in total. The molecule has 1 heterocycles. The van der Waals surface area contributed by atoms with Crippen molar-refractivity contribution in [1.82, 2.24) is 4.57 Å². The quantitative estimate of drug-likeness (QED) is 0.635. The van der Waals surface area contributed by atoms with E-state index in [1.54, 1.807) is 26.0 Å². The largest absolute Gasteiger partial charge is 0.492 e. The highest BCUT2D eigenvalue weighted by Gasteiger charge is 2.20. The van der Waals surface area contributed by atoms with Crippen LogP contribution in [0.2, 0.25) is 0 Å². The van der Waals surface area contributed by atoms with Crippen molar-refractivity contribution in [2.24, 2.45) is 12.0 Å². The summed E-state index contributed by atoms with van der Waals surface area (Å²) in [7, 11) is -1.63. The molecular weight excluding hydrogens is 396 g/mol. The molecule has 0 spiro atoms. The molecule has 0 fully saturated rings. The van der Waals surface area contributed by atoms with Gasteiger partial charge in [0.15, 0.2) is 14.6 Å². The molecule has 28 heavy (non-hydrogen) atoms. The van der Waals surface area contributed by atoms with Crippen LogP contribution in [-0.2, 0) is 16.9 Å². The second-order valence-corrected chi connectivity index (χ2v) is 10.0. The van der Waals surface area contributed by atoms with Crippen molar-refractivity contribution in [3.05, 3.63) is 52.8 Å². The van der Waals surface area contributed by atoms with Gasteiger partial charge in [-0.05, 0) is 51.1 Å². The molecule has 0 unspecified atom stereocenters. The second-order valence-electron chi connectivity index (χ2n) is 6.52. The third-order valence-corrected chi connectivity index (χ3v) is 7.56. The molecule has 3 aromatic rings. The smallest absolute Gasteiger partial charge is 0.279 e. The van der Waals surface area contributed by atoms with E-state index in [4.69, 9.17) is 4.74 Å². The fourth-order valence-electron chi connectivity index (χ4n) is 2.78. The summed E-state index contributed by atoms with van der Waals surface area (Å²) in [5, 5.41) is -0.563. The van der Waals surface area contributed by atoms with Crippen molar-refractivity contribution >= 4 is 37.3 Å². The number of nitrogens with zero attached hydrogens (tertiary/aromatic N) is 2. The van der Waals surface area contributed by atoms with Crippen molar-refractivity contribution in [3.8, 4) is 5.75 Å². The Morgan fingerprint density at radius 1 is 1.21 bits per heavy atom. The summed E-state index contributed by atoms with van der Waals surface area (Å²) in [5.74, 6) is 0.249. The van der Waals surface area contributed by atoms with E-state index in [2.05, 4.69) is 4.99 Å². The number of sulfone groups is 1. The van der Waals surface area contributed by atoms with Crippen molar-refractivity contribution in [2.75, 3.05) is 6.61 Å². The van der Waals surface area contributed by atoms with Gasteiger partial charge in [0.25, 0.3) is 5.91 Å². The average molecular weight is 419 g/mol. The molecule has 0 aliphatic carbocycles. The Balaban J connectivity index is 2.07. The van der Waals surface area contributed by atoms with Gasteiger partial charge >= 0.3 is 0 Å². The first-order chi connectivity index (χ1) is 13.3. The maximum atomic E-state index is 12.7. The standard InChI is InChI=1S/C20H22N2O4S2/c1-5-26-16-10-7-11-17-18(16)22(4)20(27-17)21-19(23)14-8-6-9-15(12-14)28(24,25)13(2)3/h6-13H,5H2,1-4H3. The molecule has 1 amide bonds. The van der Waals surface area contributed by atoms with Gasteiger partial charge in [0, 0.05) is 12.6 Å². The van der Waals surface area contributed by atoms with E-state index in [9.17, 15) is 13.2 Å². The van der Waals surface area contributed by atoms with Gasteiger partial charge in [0.05, 0.1) is 21.5 Å². The Kier molecular flexibility index (Phi) is 5.71. The molecule has 0 radical (unpaired) electrons. The molecular formula is C20H22N2O4S2. The molecule has 0 aliphatic heterocycles. The van der Waals surface area contributed by atoms with E-state index in [1.165, 1.54) is 23.5 Å². The first-order valence-electron chi connectivity index (χ1n) is 8.90. The first kappa shape index (κ1) is 20.3. The summed E-state index contributed by atoms with van der Waals surface area (Å²) in [4.78, 5) is 17.6. The van der Waals surface area contributed by atoms with E-state index in [0.717, 1.165) is 16.0 Å². The minimum absolute atomic E-state index is 0.128. The summed E-state index contributed by atoms with van der Waals surface area (Å²) < 4.78 is 33.2. The molecule has 0 bridgehead atoms. The number of hydrogen-bond donors (Lipinski definition) is 0.